The molecule has 1 fully saturated rings. The van der Waals surface area contributed by atoms with Crippen molar-refractivity contribution in [2.75, 3.05) is 0 Å². The van der Waals surface area contributed by atoms with Crippen molar-refractivity contribution < 1.29 is 0 Å². The molecule has 1 aliphatic carbocycles. The first-order valence-corrected chi connectivity index (χ1v) is 5.92. The highest BCUT2D eigenvalue weighted by Crippen LogP contribution is 2.21. The molecule has 0 atom stereocenters. The smallest absolute Gasteiger partial charge is 0.0382 e. The van der Waals surface area contributed by atoms with Crippen molar-refractivity contribution in [3.05, 3.63) is 12.7 Å². The fraction of sp³-hybridized carbons (Fsp3) is 0.846. The van der Waals surface area contributed by atoms with Crippen molar-refractivity contribution in [3.63, 3.8) is 0 Å². The minimum Gasteiger partial charge on any atom is -0.103 e. The standard InChI is InChI=1S/C7H14.C4H8.C2H6/c1-7-5-3-2-4-6-7;1-3-4-2;1-2/h7H,2-6H2,1H3;3H,1,4H2,2H3;1-2H3. The molecule has 0 bridgehead atoms. The minimum atomic E-state index is 1.04. The Balaban J connectivity index is 0. The van der Waals surface area contributed by atoms with E-state index in [-0.39, 0.29) is 0 Å². The van der Waals surface area contributed by atoms with E-state index in [0.717, 1.165) is 12.3 Å². The summed E-state index contributed by atoms with van der Waals surface area (Å²) in [6.45, 7) is 11.9. The highest BCUT2D eigenvalue weighted by molar-refractivity contribution is 4.60. The zero-order valence-corrected chi connectivity index (χ0v) is 10.1. The molecule has 0 aromatic carbocycles. The zero-order chi connectivity index (χ0) is 10.5. The molecule has 0 N–H and O–H groups in total. The summed E-state index contributed by atoms with van der Waals surface area (Å²) in [6, 6.07) is 0. The Morgan fingerprint density at radius 1 is 1.15 bits per heavy atom. The lowest BCUT2D eigenvalue weighted by Crippen LogP contribution is -1.99. The Hall–Kier alpha value is -0.260. The number of hydrogen-bond acceptors (Lipinski definition) is 0. The van der Waals surface area contributed by atoms with Gasteiger partial charge in [-0.25, -0.2) is 0 Å². The van der Waals surface area contributed by atoms with Crippen molar-refractivity contribution in [2.45, 2.75) is 66.2 Å². The van der Waals surface area contributed by atoms with Gasteiger partial charge in [0, 0.05) is 0 Å². The normalized spacial score (nSPS) is 16.0. The maximum Gasteiger partial charge on any atom is -0.0382 e. The second-order valence-corrected chi connectivity index (χ2v) is 3.44. The summed E-state index contributed by atoms with van der Waals surface area (Å²) >= 11 is 0. The first-order valence-electron chi connectivity index (χ1n) is 5.92. The molecule has 1 saturated carbocycles. The molecule has 0 amide bonds. The maximum absolute atomic E-state index is 3.48. The second-order valence-electron chi connectivity index (χ2n) is 3.44. The average molecular weight is 184 g/mol. The average Bonchev–Trinajstić information content (AvgIpc) is 2.22. The van der Waals surface area contributed by atoms with Gasteiger partial charge in [-0.05, 0) is 12.3 Å². The molecule has 0 unspecified atom stereocenters. The molecular formula is C13H28. The fourth-order valence-electron chi connectivity index (χ4n) is 1.31. The van der Waals surface area contributed by atoms with Gasteiger partial charge in [0.2, 0.25) is 0 Å². The van der Waals surface area contributed by atoms with E-state index in [4.69, 9.17) is 0 Å². The summed E-state index contributed by atoms with van der Waals surface area (Å²) < 4.78 is 0. The molecule has 0 heterocycles. The number of rotatable bonds is 1. The first-order chi connectivity index (χ1) is 6.31. The van der Waals surface area contributed by atoms with Gasteiger partial charge in [0.25, 0.3) is 0 Å². The summed E-state index contributed by atoms with van der Waals surface area (Å²) in [6.07, 6.45) is 10.4. The van der Waals surface area contributed by atoms with Crippen molar-refractivity contribution in [1.82, 2.24) is 0 Å². The van der Waals surface area contributed by atoms with E-state index in [1.54, 1.807) is 0 Å². The molecule has 0 spiro atoms. The molecule has 13 heavy (non-hydrogen) atoms. The molecular weight excluding hydrogens is 156 g/mol. The molecule has 1 rings (SSSR count). The van der Waals surface area contributed by atoms with Crippen LogP contribution in [0.1, 0.15) is 66.2 Å². The van der Waals surface area contributed by atoms with E-state index in [1.807, 2.05) is 19.9 Å². The first kappa shape index (κ1) is 15.2. The van der Waals surface area contributed by atoms with Crippen LogP contribution in [0.15, 0.2) is 12.7 Å². The lowest BCUT2D eigenvalue weighted by molar-refractivity contribution is 0.385. The van der Waals surface area contributed by atoms with Gasteiger partial charge < -0.3 is 0 Å². The van der Waals surface area contributed by atoms with Gasteiger partial charge in [-0.15, -0.1) is 6.58 Å². The van der Waals surface area contributed by atoms with Crippen LogP contribution in [-0.2, 0) is 0 Å². The van der Waals surface area contributed by atoms with Crippen LogP contribution in [0.3, 0.4) is 0 Å². The van der Waals surface area contributed by atoms with Crippen molar-refractivity contribution in [2.24, 2.45) is 5.92 Å². The number of hydrogen-bond donors (Lipinski definition) is 0. The molecule has 0 aliphatic heterocycles. The summed E-state index contributed by atoms with van der Waals surface area (Å²) in [4.78, 5) is 0. The van der Waals surface area contributed by atoms with Gasteiger partial charge in [-0.3, -0.25) is 0 Å². The van der Waals surface area contributed by atoms with E-state index in [0.29, 0.717) is 0 Å². The molecule has 80 valence electrons. The van der Waals surface area contributed by atoms with Crippen LogP contribution < -0.4 is 0 Å². The van der Waals surface area contributed by atoms with Crippen LogP contribution in [-0.4, -0.2) is 0 Å². The highest BCUT2D eigenvalue weighted by Gasteiger charge is 2.05. The van der Waals surface area contributed by atoms with Crippen LogP contribution >= 0.6 is 0 Å². The quantitative estimate of drug-likeness (QED) is 0.492. The Morgan fingerprint density at radius 3 is 1.69 bits per heavy atom. The van der Waals surface area contributed by atoms with E-state index >= 15 is 0 Å². The number of allylic oxidation sites excluding steroid dienone is 1. The molecule has 1 aliphatic rings. The Bertz CT molecular complexity index is 78.0. The molecule has 0 radical (unpaired) electrons. The van der Waals surface area contributed by atoms with Crippen molar-refractivity contribution in [3.8, 4) is 0 Å². The van der Waals surface area contributed by atoms with E-state index in [9.17, 15) is 0 Å². The lowest BCUT2D eigenvalue weighted by atomic mass is 9.91. The predicted octanol–water partition coefficient (Wildman–Crippen LogP) is 5.20. The Morgan fingerprint density at radius 2 is 1.54 bits per heavy atom. The third kappa shape index (κ3) is 14.6. The van der Waals surface area contributed by atoms with Crippen molar-refractivity contribution in [1.29, 1.82) is 0 Å². The van der Waals surface area contributed by atoms with Gasteiger partial charge >= 0.3 is 0 Å². The van der Waals surface area contributed by atoms with E-state index in [1.165, 1.54) is 32.1 Å². The van der Waals surface area contributed by atoms with E-state index in [2.05, 4.69) is 20.4 Å². The van der Waals surface area contributed by atoms with Crippen molar-refractivity contribution >= 4 is 0 Å². The van der Waals surface area contributed by atoms with Gasteiger partial charge in [-0.1, -0.05) is 65.9 Å². The van der Waals surface area contributed by atoms with Crippen LogP contribution in [0.2, 0.25) is 0 Å². The summed E-state index contributed by atoms with van der Waals surface area (Å²) in [5.41, 5.74) is 0. The molecule has 0 saturated heterocycles. The zero-order valence-electron chi connectivity index (χ0n) is 10.1. The summed E-state index contributed by atoms with van der Waals surface area (Å²) in [5, 5.41) is 0. The molecule has 0 nitrogen and oxygen atoms in total. The van der Waals surface area contributed by atoms with Gasteiger partial charge in [0.05, 0.1) is 0 Å². The van der Waals surface area contributed by atoms with Crippen LogP contribution in [0.25, 0.3) is 0 Å². The highest BCUT2D eigenvalue weighted by atomic mass is 14.1. The van der Waals surface area contributed by atoms with Gasteiger partial charge in [0.1, 0.15) is 0 Å². The molecule has 0 heteroatoms. The van der Waals surface area contributed by atoms with Crippen LogP contribution in [0, 0.1) is 5.92 Å². The van der Waals surface area contributed by atoms with Gasteiger partial charge in [-0.2, -0.15) is 0 Å². The van der Waals surface area contributed by atoms with Crippen LogP contribution in [0.4, 0.5) is 0 Å². The predicted molar refractivity (Wildman–Crippen MR) is 64.1 cm³/mol. The lowest BCUT2D eigenvalue weighted by Gasteiger charge is -2.15. The fourth-order valence-corrected chi connectivity index (χ4v) is 1.31. The molecule has 0 aromatic rings. The summed E-state index contributed by atoms with van der Waals surface area (Å²) in [7, 11) is 0. The summed E-state index contributed by atoms with van der Waals surface area (Å²) in [5.74, 6) is 1.04. The van der Waals surface area contributed by atoms with Crippen LogP contribution in [0.5, 0.6) is 0 Å². The second kappa shape index (κ2) is 14.3. The SMILES string of the molecule is C=CCC.CC.CC1CCCCC1. The van der Waals surface area contributed by atoms with Gasteiger partial charge in [0.15, 0.2) is 0 Å². The minimum absolute atomic E-state index is 1.04. The van der Waals surface area contributed by atoms with E-state index < -0.39 is 0 Å². The third-order valence-electron chi connectivity index (χ3n) is 2.18. The Labute approximate surface area is 85.4 Å². The topological polar surface area (TPSA) is 0 Å². The maximum atomic E-state index is 3.48. The largest absolute Gasteiger partial charge is 0.103 e. The Kier molecular flexibility index (Phi) is 16.7. The third-order valence-corrected chi connectivity index (χ3v) is 2.18. The monoisotopic (exact) mass is 184 g/mol. The molecule has 0 aromatic heterocycles.